The van der Waals surface area contributed by atoms with Crippen LogP contribution in [0, 0.1) is 0 Å². The van der Waals surface area contributed by atoms with Gasteiger partial charge in [0.05, 0.1) is 25.7 Å². The van der Waals surface area contributed by atoms with Crippen molar-refractivity contribution in [3.05, 3.63) is 54.7 Å². The summed E-state index contributed by atoms with van der Waals surface area (Å²) in [5.41, 5.74) is 3.39. The van der Waals surface area contributed by atoms with Gasteiger partial charge in [-0.1, -0.05) is 18.7 Å². The maximum Gasteiger partial charge on any atom is 0.0799 e. The monoisotopic (exact) mass is 318 g/mol. The largest absolute Gasteiger partial charge is 0.375 e. The van der Waals surface area contributed by atoms with Gasteiger partial charge in [-0.25, -0.2) is 4.99 Å². The first kappa shape index (κ1) is 15.7. The molecule has 1 aromatic rings. The fraction of sp³-hybridized carbons (Fsp3) is 0.188. The Morgan fingerprint density at radius 1 is 1.29 bits per heavy atom. The zero-order chi connectivity index (χ0) is 15.4. The first-order valence-electron chi connectivity index (χ1n) is 6.64. The van der Waals surface area contributed by atoms with Gasteiger partial charge in [0.15, 0.2) is 0 Å². The molecule has 0 saturated heterocycles. The number of anilines is 1. The third-order valence-corrected chi connectivity index (χ3v) is 4.60. The molecule has 21 heavy (non-hydrogen) atoms. The van der Waals surface area contributed by atoms with E-state index in [-0.39, 0.29) is 0 Å². The number of allylic oxidation sites excluding steroid dienone is 5. The Labute approximate surface area is 132 Å². The van der Waals surface area contributed by atoms with Crippen molar-refractivity contribution in [2.45, 2.75) is 11.8 Å². The molecule has 2 rings (SSSR count). The number of aliphatic imine (C=N–C) groups is 1. The highest BCUT2D eigenvalue weighted by atomic mass is 32.8. The van der Waals surface area contributed by atoms with Gasteiger partial charge >= 0.3 is 0 Å². The van der Waals surface area contributed by atoms with Crippen LogP contribution < -0.4 is 4.90 Å². The van der Waals surface area contributed by atoms with Crippen molar-refractivity contribution in [3.8, 4) is 0 Å². The van der Waals surface area contributed by atoms with E-state index in [1.165, 1.54) is 0 Å². The lowest BCUT2D eigenvalue weighted by Gasteiger charge is -2.17. The molecule has 0 aromatic heterocycles. The summed E-state index contributed by atoms with van der Waals surface area (Å²) in [4.78, 5) is 7.21. The van der Waals surface area contributed by atoms with Gasteiger partial charge in [0.25, 0.3) is 0 Å². The maximum atomic E-state index is 11.8. The van der Waals surface area contributed by atoms with Crippen molar-refractivity contribution >= 4 is 37.6 Å². The summed E-state index contributed by atoms with van der Waals surface area (Å²) in [6.45, 7) is 6.78. The van der Waals surface area contributed by atoms with Gasteiger partial charge in [-0.05, 0) is 54.0 Å². The quantitative estimate of drug-likeness (QED) is 0.865. The highest BCUT2D eigenvalue weighted by molar-refractivity contribution is 8.21. The standard InChI is InChI=1S/C16H18N2OS2/c1-4-18(3)14-9-10-15(16(11-14)21(19)20)17-13-7-5-12(2)6-8-13/h5-11,21H,2,4H2,1,3H3. The van der Waals surface area contributed by atoms with E-state index in [0.29, 0.717) is 10.6 Å². The summed E-state index contributed by atoms with van der Waals surface area (Å²) >= 11 is 4.97. The van der Waals surface area contributed by atoms with Gasteiger partial charge in [-0.2, -0.15) is 0 Å². The van der Waals surface area contributed by atoms with Crippen molar-refractivity contribution in [1.82, 2.24) is 0 Å². The van der Waals surface area contributed by atoms with Crippen LogP contribution in [0.4, 0.5) is 11.4 Å². The maximum absolute atomic E-state index is 11.8. The molecule has 1 atom stereocenters. The average molecular weight is 318 g/mol. The first-order chi connectivity index (χ1) is 10.0. The highest BCUT2D eigenvalue weighted by Gasteiger charge is 2.07. The molecule has 3 nitrogen and oxygen atoms in total. The molecule has 5 heteroatoms. The molecule has 110 valence electrons. The van der Waals surface area contributed by atoms with Crippen LogP contribution in [0.2, 0.25) is 0 Å². The lowest BCUT2D eigenvalue weighted by atomic mass is 10.1. The van der Waals surface area contributed by atoms with Gasteiger partial charge in [0, 0.05) is 19.3 Å². The van der Waals surface area contributed by atoms with Crippen molar-refractivity contribution in [3.63, 3.8) is 0 Å². The number of hydrogen-bond donors (Lipinski definition) is 1. The van der Waals surface area contributed by atoms with Gasteiger partial charge in [0.2, 0.25) is 0 Å². The Bertz CT molecular complexity index is 702. The minimum atomic E-state index is -1.86. The Morgan fingerprint density at radius 3 is 2.52 bits per heavy atom. The van der Waals surface area contributed by atoms with E-state index < -0.39 is 9.36 Å². The van der Waals surface area contributed by atoms with E-state index in [1.807, 2.05) is 49.6 Å². The molecule has 0 aliphatic heterocycles. The molecule has 0 radical (unpaired) electrons. The topological polar surface area (TPSA) is 32.7 Å². The zero-order valence-electron chi connectivity index (χ0n) is 12.1. The summed E-state index contributed by atoms with van der Waals surface area (Å²) < 4.78 is 11.8. The van der Waals surface area contributed by atoms with E-state index in [2.05, 4.69) is 23.4 Å². The van der Waals surface area contributed by atoms with Crippen LogP contribution >= 0.6 is 0 Å². The molecule has 1 aliphatic carbocycles. The molecular formula is C16H18N2OS2. The van der Waals surface area contributed by atoms with Crippen LogP contribution in [0.15, 0.2) is 64.5 Å². The second-order valence-corrected chi connectivity index (χ2v) is 6.71. The van der Waals surface area contributed by atoms with Crippen LogP contribution in [0.3, 0.4) is 0 Å². The summed E-state index contributed by atoms with van der Waals surface area (Å²) in [5, 5.41) is 0. The van der Waals surface area contributed by atoms with Gasteiger partial charge < -0.3 is 4.90 Å². The third-order valence-electron chi connectivity index (χ3n) is 3.26. The normalized spacial score (nSPS) is 15.1. The summed E-state index contributed by atoms with van der Waals surface area (Å²) in [7, 11) is 0.121. The minimum Gasteiger partial charge on any atom is -0.375 e. The van der Waals surface area contributed by atoms with E-state index in [1.54, 1.807) is 0 Å². The SMILES string of the molecule is C=C1C=CC(=Nc2ccc(N(C)CC)cc2[SH](=O)=S)C=C1. The molecular weight excluding hydrogens is 300 g/mol. The Kier molecular flexibility index (Phi) is 5.09. The Balaban J connectivity index is 2.45. The lowest BCUT2D eigenvalue weighted by molar-refractivity contribution is 0.693. The summed E-state index contributed by atoms with van der Waals surface area (Å²) in [6.07, 6.45) is 7.56. The van der Waals surface area contributed by atoms with Crippen LogP contribution in [-0.2, 0) is 20.5 Å². The fourth-order valence-corrected chi connectivity index (χ4v) is 2.87. The minimum absolute atomic E-state index is 0.608. The molecule has 0 amide bonds. The summed E-state index contributed by atoms with van der Waals surface area (Å²) in [5.74, 6) is 0. The van der Waals surface area contributed by atoms with Crippen LogP contribution in [0.5, 0.6) is 0 Å². The fourth-order valence-electron chi connectivity index (χ4n) is 1.88. The van der Waals surface area contributed by atoms with Crippen molar-refractivity contribution in [2.75, 3.05) is 18.5 Å². The molecule has 1 unspecified atom stereocenters. The molecule has 0 N–H and O–H groups in total. The predicted octanol–water partition coefficient (Wildman–Crippen LogP) is 3.20. The van der Waals surface area contributed by atoms with Crippen LogP contribution in [0.25, 0.3) is 0 Å². The first-order valence-corrected chi connectivity index (χ1v) is 8.92. The third kappa shape index (κ3) is 3.89. The molecule has 0 fully saturated rings. The molecule has 1 aromatic carbocycles. The van der Waals surface area contributed by atoms with Crippen molar-refractivity contribution in [1.29, 1.82) is 0 Å². The number of benzene rings is 1. The van der Waals surface area contributed by atoms with E-state index >= 15 is 0 Å². The van der Waals surface area contributed by atoms with E-state index in [4.69, 9.17) is 11.2 Å². The van der Waals surface area contributed by atoms with Gasteiger partial charge in [0.1, 0.15) is 0 Å². The smallest absolute Gasteiger partial charge is 0.0799 e. The molecule has 0 heterocycles. The molecule has 0 saturated carbocycles. The molecule has 1 aliphatic rings. The van der Waals surface area contributed by atoms with E-state index in [9.17, 15) is 4.21 Å². The van der Waals surface area contributed by atoms with Gasteiger partial charge in [-0.3, -0.25) is 4.21 Å². The zero-order valence-corrected chi connectivity index (χ0v) is 13.8. The number of thiol groups is 1. The molecule has 0 spiro atoms. The second kappa shape index (κ2) is 6.83. The van der Waals surface area contributed by atoms with Crippen LogP contribution in [-0.4, -0.2) is 23.5 Å². The number of rotatable bonds is 4. The van der Waals surface area contributed by atoms with Crippen LogP contribution in [0.1, 0.15) is 6.92 Å². The molecule has 0 bridgehead atoms. The lowest BCUT2D eigenvalue weighted by Crippen LogP contribution is -2.15. The van der Waals surface area contributed by atoms with E-state index in [0.717, 1.165) is 23.5 Å². The predicted molar refractivity (Wildman–Crippen MR) is 95.1 cm³/mol. The van der Waals surface area contributed by atoms with Gasteiger partial charge in [-0.15, -0.1) is 0 Å². The van der Waals surface area contributed by atoms with Crippen molar-refractivity contribution < 1.29 is 4.21 Å². The number of nitrogens with zero attached hydrogens (tertiary/aromatic N) is 2. The average Bonchev–Trinajstić information content (AvgIpc) is 2.49. The highest BCUT2D eigenvalue weighted by Crippen LogP contribution is 2.27. The second-order valence-electron chi connectivity index (χ2n) is 4.72. The summed E-state index contributed by atoms with van der Waals surface area (Å²) in [6, 6.07) is 5.70. The number of hydrogen-bond acceptors (Lipinski definition) is 4. The van der Waals surface area contributed by atoms with Crippen molar-refractivity contribution in [2.24, 2.45) is 4.99 Å². The Hall–Kier alpha value is -1.72. The Morgan fingerprint density at radius 2 is 1.95 bits per heavy atom.